The van der Waals surface area contributed by atoms with Crippen LogP contribution in [0.2, 0.25) is 0 Å². The highest BCUT2D eigenvalue weighted by Crippen LogP contribution is 2.18. The van der Waals surface area contributed by atoms with Gasteiger partial charge in [0, 0.05) is 19.3 Å². The summed E-state index contributed by atoms with van der Waals surface area (Å²) in [6.45, 7) is 5.91. The van der Waals surface area contributed by atoms with E-state index in [1.807, 2.05) is 14.0 Å². The molecule has 0 amide bonds. The minimum atomic E-state index is 0.446. The molecule has 1 aromatic rings. The SMILES string of the molecule is CCOCCCC(NC)c1ccc(CC)cc1. The van der Waals surface area contributed by atoms with Crippen LogP contribution in [-0.4, -0.2) is 20.3 Å². The van der Waals surface area contributed by atoms with Gasteiger partial charge >= 0.3 is 0 Å². The molecule has 0 aromatic heterocycles. The third-order valence-corrected chi connectivity index (χ3v) is 3.12. The van der Waals surface area contributed by atoms with E-state index in [4.69, 9.17) is 4.74 Å². The Kier molecular flexibility index (Phi) is 6.90. The number of hydrogen-bond acceptors (Lipinski definition) is 2. The van der Waals surface area contributed by atoms with Gasteiger partial charge < -0.3 is 10.1 Å². The summed E-state index contributed by atoms with van der Waals surface area (Å²) in [5.74, 6) is 0. The van der Waals surface area contributed by atoms with Crippen LogP contribution in [0.15, 0.2) is 24.3 Å². The molecule has 0 aliphatic rings. The Balaban J connectivity index is 2.47. The van der Waals surface area contributed by atoms with E-state index in [2.05, 4.69) is 36.5 Å². The molecule has 1 atom stereocenters. The Bertz CT molecular complexity index is 294. The quantitative estimate of drug-likeness (QED) is 0.698. The molecule has 0 aliphatic heterocycles. The van der Waals surface area contributed by atoms with Crippen LogP contribution in [0.4, 0.5) is 0 Å². The first-order valence-electron chi connectivity index (χ1n) is 6.65. The van der Waals surface area contributed by atoms with Gasteiger partial charge in [0.25, 0.3) is 0 Å². The van der Waals surface area contributed by atoms with Crippen molar-refractivity contribution in [2.45, 2.75) is 39.2 Å². The maximum absolute atomic E-state index is 5.37. The van der Waals surface area contributed by atoms with Gasteiger partial charge in [0.15, 0.2) is 0 Å². The van der Waals surface area contributed by atoms with Gasteiger partial charge in [0.2, 0.25) is 0 Å². The van der Waals surface area contributed by atoms with Gasteiger partial charge in [-0.05, 0) is 44.4 Å². The van der Waals surface area contributed by atoms with Crippen molar-refractivity contribution in [3.63, 3.8) is 0 Å². The van der Waals surface area contributed by atoms with Crippen LogP contribution in [0.5, 0.6) is 0 Å². The molecule has 0 heterocycles. The van der Waals surface area contributed by atoms with E-state index in [1.165, 1.54) is 11.1 Å². The minimum absolute atomic E-state index is 0.446. The Hall–Kier alpha value is -0.860. The molecule has 0 spiro atoms. The van der Waals surface area contributed by atoms with Gasteiger partial charge in [-0.2, -0.15) is 0 Å². The summed E-state index contributed by atoms with van der Waals surface area (Å²) in [4.78, 5) is 0. The first-order valence-corrected chi connectivity index (χ1v) is 6.65. The minimum Gasteiger partial charge on any atom is -0.382 e. The fourth-order valence-corrected chi connectivity index (χ4v) is 2.00. The fraction of sp³-hybridized carbons (Fsp3) is 0.600. The number of rotatable bonds is 8. The van der Waals surface area contributed by atoms with Gasteiger partial charge in [-0.1, -0.05) is 31.2 Å². The number of nitrogens with one attached hydrogen (secondary N) is 1. The van der Waals surface area contributed by atoms with Crippen LogP contribution in [0.25, 0.3) is 0 Å². The topological polar surface area (TPSA) is 21.3 Å². The maximum atomic E-state index is 5.37. The van der Waals surface area contributed by atoms with Crippen molar-refractivity contribution in [2.24, 2.45) is 0 Å². The molecule has 0 bridgehead atoms. The predicted octanol–water partition coefficient (Wildman–Crippen LogP) is 3.33. The fourth-order valence-electron chi connectivity index (χ4n) is 2.00. The van der Waals surface area contributed by atoms with Crippen molar-refractivity contribution in [2.75, 3.05) is 20.3 Å². The summed E-state index contributed by atoms with van der Waals surface area (Å²) in [6.07, 6.45) is 3.34. The second kappa shape index (κ2) is 8.26. The van der Waals surface area contributed by atoms with Gasteiger partial charge in [-0.3, -0.25) is 0 Å². The highest BCUT2D eigenvalue weighted by molar-refractivity contribution is 5.24. The molecular formula is C15H25NO. The second-order valence-electron chi connectivity index (χ2n) is 4.28. The molecule has 1 unspecified atom stereocenters. The van der Waals surface area contributed by atoms with Crippen molar-refractivity contribution >= 4 is 0 Å². The number of ether oxygens (including phenoxy) is 1. The van der Waals surface area contributed by atoms with Crippen molar-refractivity contribution in [3.05, 3.63) is 35.4 Å². The summed E-state index contributed by atoms with van der Waals surface area (Å²) in [5, 5.41) is 3.38. The molecule has 0 saturated heterocycles. The highest BCUT2D eigenvalue weighted by atomic mass is 16.5. The first kappa shape index (κ1) is 14.2. The Morgan fingerprint density at radius 2 is 1.88 bits per heavy atom. The highest BCUT2D eigenvalue weighted by Gasteiger charge is 2.08. The average molecular weight is 235 g/mol. The van der Waals surface area contributed by atoms with Crippen LogP contribution < -0.4 is 5.32 Å². The van der Waals surface area contributed by atoms with Crippen LogP contribution in [0.1, 0.15) is 43.9 Å². The van der Waals surface area contributed by atoms with Gasteiger partial charge in [0.1, 0.15) is 0 Å². The predicted molar refractivity (Wildman–Crippen MR) is 73.3 cm³/mol. The van der Waals surface area contributed by atoms with Crippen LogP contribution in [-0.2, 0) is 11.2 Å². The van der Waals surface area contributed by atoms with Crippen LogP contribution >= 0.6 is 0 Å². The number of benzene rings is 1. The second-order valence-corrected chi connectivity index (χ2v) is 4.28. The van der Waals surface area contributed by atoms with E-state index >= 15 is 0 Å². The van der Waals surface area contributed by atoms with Gasteiger partial charge in [-0.25, -0.2) is 0 Å². The first-order chi connectivity index (χ1) is 8.31. The molecular weight excluding hydrogens is 210 g/mol. The Morgan fingerprint density at radius 3 is 2.41 bits per heavy atom. The molecule has 1 rings (SSSR count). The molecule has 2 nitrogen and oxygen atoms in total. The smallest absolute Gasteiger partial charge is 0.0466 e. The molecule has 0 radical (unpaired) electrons. The lowest BCUT2D eigenvalue weighted by Crippen LogP contribution is -2.17. The van der Waals surface area contributed by atoms with Crippen molar-refractivity contribution in [3.8, 4) is 0 Å². The van der Waals surface area contributed by atoms with Gasteiger partial charge in [-0.15, -0.1) is 0 Å². The van der Waals surface area contributed by atoms with E-state index in [-0.39, 0.29) is 0 Å². The van der Waals surface area contributed by atoms with Crippen molar-refractivity contribution < 1.29 is 4.74 Å². The monoisotopic (exact) mass is 235 g/mol. The number of hydrogen-bond donors (Lipinski definition) is 1. The molecule has 96 valence electrons. The Morgan fingerprint density at radius 1 is 1.18 bits per heavy atom. The molecule has 0 saturated carbocycles. The van der Waals surface area contributed by atoms with Crippen molar-refractivity contribution in [1.82, 2.24) is 5.32 Å². The van der Waals surface area contributed by atoms with Crippen LogP contribution in [0, 0.1) is 0 Å². The summed E-state index contributed by atoms with van der Waals surface area (Å²) in [6, 6.07) is 9.37. The lowest BCUT2D eigenvalue weighted by atomic mass is 10.0. The largest absolute Gasteiger partial charge is 0.382 e. The van der Waals surface area contributed by atoms with Crippen molar-refractivity contribution in [1.29, 1.82) is 0 Å². The van der Waals surface area contributed by atoms with E-state index in [0.29, 0.717) is 6.04 Å². The van der Waals surface area contributed by atoms with E-state index in [9.17, 15) is 0 Å². The summed E-state index contributed by atoms with van der Waals surface area (Å²) >= 11 is 0. The zero-order chi connectivity index (χ0) is 12.5. The summed E-state index contributed by atoms with van der Waals surface area (Å²) in [5.41, 5.74) is 2.78. The standard InChI is InChI=1S/C15H25NO/c1-4-13-8-10-14(11-9-13)15(16-3)7-6-12-17-5-2/h8-11,15-16H,4-7,12H2,1-3H3. The molecule has 1 N–H and O–H groups in total. The maximum Gasteiger partial charge on any atom is 0.0466 e. The lowest BCUT2D eigenvalue weighted by Gasteiger charge is -2.17. The average Bonchev–Trinajstić information content (AvgIpc) is 2.39. The summed E-state index contributed by atoms with van der Waals surface area (Å²) < 4.78 is 5.37. The molecule has 2 heteroatoms. The normalized spacial score (nSPS) is 12.6. The summed E-state index contributed by atoms with van der Waals surface area (Å²) in [7, 11) is 2.03. The van der Waals surface area contributed by atoms with Gasteiger partial charge in [0.05, 0.1) is 0 Å². The van der Waals surface area contributed by atoms with E-state index < -0.39 is 0 Å². The van der Waals surface area contributed by atoms with E-state index in [1.54, 1.807) is 0 Å². The lowest BCUT2D eigenvalue weighted by molar-refractivity contribution is 0.141. The third kappa shape index (κ3) is 4.88. The zero-order valence-electron chi connectivity index (χ0n) is 11.3. The number of aryl methyl sites for hydroxylation is 1. The zero-order valence-corrected chi connectivity index (χ0v) is 11.3. The molecule has 17 heavy (non-hydrogen) atoms. The molecule has 0 fully saturated rings. The molecule has 1 aromatic carbocycles. The van der Waals surface area contributed by atoms with E-state index in [0.717, 1.165) is 32.5 Å². The Labute approximate surface area is 105 Å². The molecule has 0 aliphatic carbocycles. The third-order valence-electron chi connectivity index (χ3n) is 3.12. The van der Waals surface area contributed by atoms with Crippen LogP contribution in [0.3, 0.4) is 0 Å².